The molecule has 3 aromatic rings. The summed E-state index contributed by atoms with van der Waals surface area (Å²) in [5, 5.41) is 0. The predicted octanol–water partition coefficient (Wildman–Crippen LogP) is 1.65. The number of aryl methyl sites for hydroxylation is 2. The molecule has 3 heterocycles. The minimum absolute atomic E-state index is 0.0670. The average Bonchev–Trinajstić information content (AvgIpc) is 3.24. The van der Waals surface area contributed by atoms with E-state index in [0.29, 0.717) is 23.5 Å². The Morgan fingerprint density at radius 1 is 1.11 bits per heavy atom. The van der Waals surface area contributed by atoms with Crippen molar-refractivity contribution in [1.82, 2.24) is 13.8 Å². The van der Waals surface area contributed by atoms with E-state index in [1.165, 1.54) is 32.3 Å². The van der Waals surface area contributed by atoms with Gasteiger partial charge >= 0.3 is 5.76 Å². The highest BCUT2D eigenvalue weighted by Crippen LogP contribution is 2.23. The Kier molecular flexibility index (Phi) is 4.64. The molecule has 28 heavy (non-hydrogen) atoms. The Bertz CT molecular complexity index is 1210. The summed E-state index contributed by atoms with van der Waals surface area (Å²) in [6, 6.07) is 8.10. The quantitative estimate of drug-likeness (QED) is 0.641. The van der Waals surface area contributed by atoms with Gasteiger partial charge in [0.1, 0.15) is 0 Å². The fourth-order valence-corrected chi connectivity index (χ4v) is 5.53. The molecule has 148 valence electrons. The molecule has 0 saturated carbocycles. The molecule has 0 radical (unpaired) electrons. The van der Waals surface area contributed by atoms with Crippen molar-refractivity contribution in [2.75, 3.05) is 26.2 Å². The first-order valence-corrected chi connectivity index (χ1v) is 11.0. The monoisotopic (exact) mass is 421 g/mol. The van der Waals surface area contributed by atoms with Gasteiger partial charge in [-0.3, -0.25) is 9.36 Å². The molecule has 1 fully saturated rings. The van der Waals surface area contributed by atoms with E-state index in [1.54, 1.807) is 24.1 Å². The Morgan fingerprint density at radius 2 is 1.82 bits per heavy atom. The molecular weight excluding hydrogens is 402 g/mol. The summed E-state index contributed by atoms with van der Waals surface area (Å²) in [4.78, 5) is 27.6. The second-order valence-corrected chi connectivity index (χ2v) is 9.89. The third-order valence-electron chi connectivity index (χ3n) is 4.88. The Hall–Kier alpha value is -2.43. The van der Waals surface area contributed by atoms with Gasteiger partial charge in [-0.25, -0.2) is 13.2 Å². The van der Waals surface area contributed by atoms with Crippen molar-refractivity contribution in [3.8, 4) is 0 Å². The second kappa shape index (κ2) is 6.87. The summed E-state index contributed by atoms with van der Waals surface area (Å²) in [5.41, 5.74) is 0.765. The minimum Gasteiger partial charge on any atom is -0.408 e. The number of thiophene rings is 1. The Labute approximate surface area is 165 Å². The number of amides is 1. The maximum absolute atomic E-state index is 13.0. The number of carbonyl (C=O) groups excluding carboxylic acids is 1. The smallest absolute Gasteiger partial charge is 0.408 e. The molecule has 1 aliphatic rings. The predicted molar refractivity (Wildman–Crippen MR) is 105 cm³/mol. The first kappa shape index (κ1) is 18.9. The molecule has 0 unspecified atom stereocenters. The van der Waals surface area contributed by atoms with E-state index in [9.17, 15) is 18.0 Å². The van der Waals surface area contributed by atoms with Crippen molar-refractivity contribution >= 4 is 38.4 Å². The molecule has 0 spiro atoms. The molecule has 0 aliphatic carbocycles. The molecule has 0 atom stereocenters. The largest absolute Gasteiger partial charge is 0.419 e. The number of rotatable bonds is 3. The van der Waals surface area contributed by atoms with Crippen molar-refractivity contribution in [2.45, 2.75) is 11.8 Å². The van der Waals surface area contributed by atoms with Crippen LogP contribution >= 0.6 is 11.3 Å². The number of aromatic nitrogens is 1. The maximum atomic E-state index is 13.0. The molecule has 10 heteroatoms. The number of fused-ring (bicyclic) bond motifs is 1. The summed E-state index contributed by atoms with van der Waals surface area (Å²) in [6.45, 7) is 3.04. The number of nitrogens with zero attached hydrogens (tertiary/aromatic N) is 3. The van der Waals surface area contributed by atoms with Crippen molar-refractivity contribution in [2.24, 2.45) is 7.05 Å². The SMILES string of the molecule is Cc1ccc(C(=O)N2CCN(S(=O)(=O)c3ccc4c(c3)oc(=O)n4C)CC2)s1. The van der Waals surface area contributed by atoms with Gasteiger partial charge in [-0.15, -0.1) is 11.3 Å². The molecule has 8 nitrogen and oxygen atoms in total. The molecule has 2 aromatic heterocycles. The van der Waals surface area contributed by atoms with Crippen LogP contribution in [0.2, 0.25) is 0 Å². The van der Waals surface area contributed by atoms with Crippen LogP contribution in [-0.2, 0) is 17.1 Å². The van der Waals surface area contributed by atoms with Gasteiger partial charge in [0, 0.05) is 44.2 Å². The number of hydrogen-bond donors (Lipinski definition) is 0. The van der Waals surface area contributed by atoms with E-state index in [4.69, 9.17) is 4.42 Å². The zero-order chi connectivity index (χ0) is 20.1. The van der Waals surface area contributed by atoms with E-state index in [1.807, 2.05) is 13.0 Å². The summed E-state index contributed by atoms with van der Waals surface area (Å²) in [5.74, 6) is -0.608. The highest BCUT2D eigenvalue weighted by atomic mass is 32.2. The number of benzene rings is 1. The van der Waals surface area contributed by atoms with Gasteiger partial charge in [-0.1, -0.05) is 0 Å². The van der Waals surface area contributed by atoms with Crippen LogP contribution in [0.5, 0.6) is 0 Å². The number of piperazine rings is 1. The minimum atomic E-state index is -3.74. The standard InChI is InChI=1S/C18H19N3O5S2/c1-12-3-6-16(27-12)17(22)20-7-9-21(10-8-20)28(24,25)13-4-5-14-15(11-13)26-18(23)19(14)2/h3-6,11H,7-10H2,1-2H3. The number of hydrogen-bond acceptors (Lipinski definition) is 6. The van der Waals surface area contributed by atoms with Crippen LogP contribution in [0.1, 0.15) is 14.5 Å². The first-order valence-electron chi connectivity index (χ1n) is 8.73. The van der Waals surface area contributed by atoms with Crippen LogP contribution in [0.4, 0.5) is 0 Å². The van der Waals surface area contributed by atoms with E-state index in [0.717, 1.165) is 4.88 Å². The van der Waals surface area contributed by atoms with E-state index in [2.05, 4.69) is 0 Å². The lowest BCUT2D eigenvalue weighted by Crippen LogP contribution is -2.50. The summed E-state index contributed by atoms with van der Waals surface area (Å²) >= 11 is 1.44. The van der Waals surface area contributed by atoms with Crippen LogP contribution in [0, 0.1) is 6.92 Å². The van der Waals surface area contributed by atoms with Crippen molar-refractivity contribution in [3.63, 3.8) is 0 Å². The molecule has 0 N–H and O–H groups in total. The van der Waals surface area contributed by atoms with Crippen LogP contribution in [0.3, 0.4) is 0 Å². The highest BCUT2D eigenvalue weighted by Gasteiger charge is 2.31. The molecule has 1 saturated heterocycles. The van der Waals surface area contributed by atoms with Crippen molar-refractivity contribution in [1.29, 1.82) is 0 Å². The van der Waals surface area contributed by atoms with Gasteiger partial charge in [0.2, 0.25) is 10.0 Å². The van der Waals surface area contributed by atoms with Crippen LogP contribution in [0.25, 0.3) is 11.1 Å². The first-order chi connectivity index (χ1) is 13.3. The van der Waals surface area contributed by atoms with Gasteiger partial charge in [0.15, 0.2) is 5.58 Å². The third-order valence-corrected chi connectivity index (χ3v) is 7.76. The molecular formula is C18H19N3O5S2. The lowest BCUT2D eigenvalue weighted by atomic mass is 10.3. The number of oxazole rings is 1. The van der Waals surface area contributed by atoms with Gasteiger partial charge in [0.05, 0.1) is 15.3 Å². The lowest BCUT2D eigenvalue weighted by Gasteiger charge is -2.33. The van der Waals surface area contributed by atoms with Gasteiger partial charge < -0.3 is 9.32 Å². The van der Waals surface area contributed by atoms with E-state index >= 15 is 0 Å². The summed E-state index contributed by atoms with van der Waals surface area (Å²) < 4.78 is 33.7. The molecule has 4 rings (SSSR count). The van der Waals surface area contributed by atoms with Crippen molar-refractivity contribution < 1.29 is 17.6 Å². The Balaban J connectivity index is 1.52. The number of sulfonamides is 1. The fraction of sp³-hybridized carbons (Fsp3) is 0.333. The van der Waals surface area contributed by atoms with Crippen molar-refractivity contribution in [3.05, 3.63) is 50.6 Å². The fourth-order valence-electron chi connectivity index (χ4n) is 3.26. The third kappa shape index (κ3) is 3.17. The van der Waals surface area contributed by atoms with Crippen LogP contribution in [-0.4, -0.2) is 54.3 Å². The summed E-state index contributed by atoms with van der Waals surface area (Å²) in [7, 11) is -2.18. The second-order valence-electron chi connectivity index (χ2n) is 6.66. The van der Waals surface area contributed by atoms with Crippen LogP contribution in [0.15, 0.2) is 44.4 Å². The molecule has 1 aromatic carbocycles. The average molecular weight is 422 g/mol. The lowest BCUT2D eigenvalue weighted by molar-refractivity contribution is 0.0703. The normalized spacial score (nSPS) is 16.0. The summed E-state index contributed by atoms with van der Waals surface area (Å²) in [6.07, 6.45) is 0. The zero-order valence-corrected chi connectivity index (χ0v) is 17.0. The molecule has 1 amide bonds. The maximum Gasteiger partial charge on any atom is 0.419 e. The Morgan fingerprint density at radius 3 is 2.46 bits per heavy atom. The highest BCUT2D eigenvalue weighted by molar-refractivity contribution is 7.89. The van der Waals surface area contributed by atoms with Gasteiger partial charge in [-0.2, -0.15) is 4.31 Å². The molecule has 1 aliphatic heterocycles. The van der Waals surface area contributed by atoms with Gasteiger partial charge in [-0.05, 0) is 31.2 Å². The van der Waals surface area contributed by atoms with E-state index < -0.39 is 15.8 Å². The molecule has 0 bridgehead atoms. The number of carbonyl (C=O) groups is 1. The zero-order valence-electron chi connectivity index (χ0n) is 15.4. The van der Waals surface area contributed by atoms with Gasteiger partial charge in [0.25, 0.3) is 5.91 Å². The topological polar surface area (TPSA) is 92.8 Å². The van der Waals surface area contributed by atoms with Crippen LogP contribution < -0.4 is 5.76 Å². The van der Waals surface area contributed by atoms with E-state index in [-0.39, 0.29) is 29.5 Å².